The summed E-state index contributed by atoms with van der Waals surface area (Å²) in [4.78, 5) is 51.4. The molecular weight excluding hydrogens is 498 g/mol. The van der Waals surface area contributed by atoms with E-state index in [4.69, 9.17) is 4.74 Å². The first kappa shape index (κ1) is 26.1. The highest BCUT2D eigenvalue weighted by atomic mass is 19.4. The fraction of sp³-hybridized carbons (Fsp3) is 0.360. The van der Waals surface area contributed by atoms with Gasteiger partial charge in [-0.05, 0) is 48.7 Å². The molecule has 37 heavy (non-hydrogen) atoms. The maximum Gasteiger partial charge on any atom is 0.418 e. The smallest absolute Gasteiger partial charge is 0.418 e. The predicted octanol–water partition coefficient (Wildman–Crippen LogP) is 3.88. The number of hydrogen-bond acceptors (Lipinski definition) is 5. The molecule has 1 spiro atoms. The Bertz CT molecular complexity index is 1260. The third-order valence-corrected chi connectivity index (χ3v) is 6.50. The van der Waals surface area contributed by atoms with Gasteiger partial charge in [0.25, 0.3) is 5.91 Å². The van der Waals surface area contributed by atoms with Crippen molar-refractivity contribution in [3.63, 3.8) is 0 Å². The summed E-state index contributed by atoms with van der Waals surface area (Å²) in [6.45, 7) is 0.648. The van der Waals surface area contributed by atoms with Crippen LogP contribution in [0.2, 0.25) is 0 Å². The number of carbonyl (C=O) groups is 4. The molecule has 1 aliphatic carbocycles. The second kappa shape index (κ2) is 9.49. The van der Waals surface area contributed by atoms with Gasteiger partial charge < -0.3 is 15.0 Å². The fourth-order valence-corrected chi connectivity index (χ4v) is 4.56. The molecule has 2 aliphatic rings. The zero-order valence-electron chi connectivity index (χ0n) is 19.9. The number of imide groups is 1. The van der Waals surface area contributed by atoms with Gasteiger partial charge in [-0.25, -0.2) is 14.1 Å². The minimum Gasteiger partial charge on any atom is -0.427 e. The Morgan fingerprint density at radius 1 is 1.16 bits per heavy atom. The van der Waals surface area contributed by atoms with Gasteiger partial charge in [0.2, 0.25) is 17.4 Å². The summed E-state index contributed by atoms with van der Waals surface area (Å²) in [6, 6.07) is 7.07. The molecule has 0 saturated carbocycles. The van der Waals surface area contributed by atoms with Gasteiger partial charge >= 0.3 is 12.3 Å². The number of anilines is 1. The molecular formula is C25H23F4N3O5. The number of fused-ring (bicyclic) bond motifs is 2. The normalized spacial score (nSPS) is 19.6. The molecule has 1 fully saturated rings. The van der Waals surface area contributed by atoms with Crippen LogP contribution in [0, 0.1) is 5.82 Å². The number of amides is 4. The van der Waals surface area contributed by atoms with Crippen molar-refractivity contribution in [2.75, 3.05) is 11.9 Å². The topological polar surface area (TPSA) is 96.0 Å². The molecule has 1 unspecified atom stereocenters. The fourth-order valence-electron chi connectivity index (χ4n) is 4.56. The number of benzene rings is 2. The van der Waals surface area contributed by atoms with Gasteiger partial charge in [-0.15, -0.1) is 0 Å². The summed E-state index contributed by atoms with van der Waals surface area (Å²) >= 11 is 0. The second-order valence-corrected chi connectivity index (χ2v) is 9.01. The minimum atomic E-state index is -4.79. The Labute approximate surface area is 209 Å². The molecule has 4 rings (SSSR count). The molecule has 8 nitrogen and oxygen atoms in total. The first-order valence-corrected chi connectivity index (χ1v) is 11.4. The van der Waals surface area contributed by atoms with E-state index < -0.39 is 54.6 Å². The quantitative estimate of drug-likeness (QED) is 0.582. The summed E-state index contributed by atoms with van der Waals surface area (Å²) in [7, 11) is 0. The average Bonchev–Trinajstić information content (AvgIpc) is 3.29. The largest absolute Gasteiger partial charge is 0.427 e. The van der Waals surface area contributed by atoms with Crippen LogP contribution >= 0.6 is 0 Å². The Morgan fingerprint density at radius 2 is 1.84 bits per heavy atom. The average molecular weight is 521 g/mol. The monoisotopic (exact) mass is 521 g/mol. The molecule has 1 heterocycles. The molecule has 1 N–H and O–H groups in total. The van der Waals surface area contributed by atoms with Crippen LogP contribution in [-0.4, -0.2) is 52.4 Å². The van der Waals surface area contributed by atoms with Crippen molar-refractivity contribution < 1.29 is 41.5 Å². The summed E-state index contributed by atoms with van der Waals surface area (Å²) in [6.07, 6.45) is -5.51. The molecule has 2 atom stereocenters. The third-order valence-electron chi connectivity index (χ3n) is 6.50. The standard InChI is InChI=1S/C25H23F4N3O5/c1-14(25(27,28)29)31(12-16-3-5-18(26)6-4-16)21(34)13-32-22(35)24(37-23(32)36)10-9-17-11-19(30-15(2)33)7-8-20(17)24/h3-8,11,14H,9-10,12-13H2,1-2H3,(H,30,33)/t14-,24?/m0/s1. The van der Waals surface area contributed by atoms with E-state index >= 15 is 0 Å². The van der Waals surface area contributed by atoms with E-state index in [2.05, 4.69) is 5.32 Å². The lowest BCUT2D eigenvalue weighted by Crippen LogP contribution is -2.51. The first-order valence-electron chi connectivity index (χ1n) is 11.4. The Kier molecular flexibility index (Phi) is 6.70. The van der Waals surface area contributed by atoms with Crippen molar-refractivity contribution in [3.8, 4) is 0 Å². The van der Waals surface area contributed by atoms with E-state index in [1.807, 2.05) is 0 Å². The molecule has 4 amide bonds. The summed E-state index contributed by atoms with van der Waals surface area (Å²) in [5.74, 6) is -2.87. The summed E-state index contributed by atoms with van der Waals surface area (Å²) in [5.41, 5.74) is 0.0757. The lowest BCUT2D eigenvalue weighted by molar-refractivity contribution is -0.187. The number of nitrogens with zero attached hydrogens (tertiary/aromatic N) is 2. The molecule has 0 aromatic heterocycles. The van der Waals surface area contributed by atoms with Crippen molar-refractivity contribution in [1.82, 2.24) is 9.80 Å². The van der Waals surface area contributed by atoms with E-state index in [9.17, 15) is 36.7 Å². The molecule has 196 valence electrons. The van der Waals surface area contributed by atoms with Crippen LogP contribution in [0.5, 0.6) is 0 Å². The van der Waals surface area contributed by atoms with E-state index in [1.165, 1.54) is 31.2 Å². The van der Waals surface area contributed by atoms with Gasteiger partial charge in [0, 0.05) is 31.1 Å². The maximum atomic E-state index is 13.6. The number of halogens is 4. The highest BCUT2D eigenvalue weighted by Crippen LogP contribution is 2.46. The summed E-state index contributed by atoms with van der Waals surface area (Å²) < 4.78 is 59.4. The van der Waals surface area contributed by atoms with Gasteiger partial charge in [-0.1, -0.05) is 18.2 Å². The maximum absolute atomic E-state index is 13.6. The van der Waals surface area contributed by atoms with Crippen molar-refractivity contribution in [2.24, 2.45) is 0 Å². The Morgan fingerprint density at radius 3 is 2.46 bits per heavy atom. The lowest BCUT2D eigenvalue weighted by Gasteiger charge is -2.31. The molecule has 2 aromatic carbocycles. The van der Waals surface area contributed by atoms with Crippen molar-refractivity contribution >= 4 is 29.5 Å². The third kappa shape index (κ3) is 5.00. The van der Waals surface area contributed by atoms with Crippen LogP contribution in [0.4, 0.5) is 28.0 Å². The number of nitrogens with one attached hydrogen (secondary N) is 1. The second-order valence-electron chi connectivity index (χ2n) is 9.01. The highest BCUT2D eigenvalue weighted by molar-refractivity contribution is 6.06. The summed E-state index contributed by atoms with van der Waals surface area (Å²) in [5, 5.41) is 2.62. The van der Waals surface area contributed by atoms with Crippen molar-refractivity contribution in [3.05, 3.63) is 65.0 Å². The van der Waals surface area contributed by atoms with Crippen LogP contribution in [0.1, 0.15) is 37.0 Å². The van der Waals surface area contributed by atoms with E-state index in [1.54, 1.807) is 6.07 Å². The van der Waals surface area contributed by atoms with Crippen LogP contribution in [0.3, 0.4) is 0 Å². The Balaban J connectivity index is 1.57. The molecule has 12 heteroatoms. The van der Waals surface area contributed by atoms with E-state index in [0.717, 1.165) is 19.1 Å². The number of carbonyl (C=O) groups excluding carboxylic acids is 4. The van der Waals surface area contributed by atoms with Gasteiger partial charge in [0.1, 0.15) is 18.4 Å². The zero-order valence-corrected chi connectivity index (χ0v) is 19.9. The molecule has 0 bridgehead atoms. The van der Waals surface area contributed by atoms with Gasteiger partial charge in [-0.3, -0.25) is 14.4 Å². The first-order chi connectivity index (χ1) is 17.3. The van der Waals surface area contributed by atoms with Gasteiger partial charge in [0.05, 0.1) is 0 Å². The van der Waals surface area contributed by atoms with Crippen LogP contribution < -0.4 is 5.32 Å². The number of ether oxygens (including phenoxy) is 1. The predicted molar refractivity (Wildman–Crippen MR) is 121 cm³/mol. The Hall–Kier alpha value is -3.96. The van der Waals surface area contributed by atoms with Crippen molar-refractivity contribution in [2.45, 2.75) is 51.1 Å². The van der Waals surface area contributed by atoms with Crippen LogP contribution in [0.15, 0.2) is 42.5 Å². The van der Waals surface area contributed by atoms with Crippen LogP contribution in [-0.2, 0) is 37.7 Å². The highest BCUT2D eigenvalue weighted by Gasteiger charge is 2.58. The van der Waals surface area contributed by atoms with Gasteiger partial charge in [0.15, 0.2) is 0 Å². The number of aryl methyl sites for hydroxylation is 1. The van der Waals surface area contributed by atoms with Crippen molar-refractivity contribution in [1.29, 1.82) is 0 Å². The van der Waals surface area contributed by atoms with E-state index in [0.29, 0.717) is 33.0 Å². The molecule has 0 radical (unpaired) electrons. The number of rotatable bonds is 6. The SMILES string of the molecule is CC(=O)Nc1ccc2c(c1)CCC21OC(=O)N(CC(=O)N(Cc2ccc(F)cc2)[C@@H](C)C(F)(F)F)C1=O. The lowest BCUT2D eigenvalue weighted by atomic mass is 9.94. The van der Waals surface area contributed by atoms with Crippen LogP contribution in [0.25, 0.3) is 0 Å². The molecule has 1 aliphatic heterocycles. The number of alkyl halides is 3. The molecule has 1 saturated heterocycles. The zero-order chi connectivity index (χ0) is 27.1. The van der Waals surface area contributed by atoms with E-state index in [-0.39, 0.29) is 17.9 Å². The van der Waals surface area contributed by atoms with Gasteiger partial charge in [-0.2, -0.15) is 13.2 Å². The number of hydrogen-bond donors (Lipinski definition) is 1. The molecule has 2 aromatic rings. The minimum absolute atomic E-state index is 0.0827.